The highest BCUT2D eigenvalue weighted by molar-refractivity contribution is 7.92. The second kappa shape index (κ2) is 8.03. The van der Waals surface area contributed by atoms with Gasteiger partial charge in [0.2, 0.25) is 0 Å². The molecule has 150 valence electrons. The van der Waals surface area contributed by atoms with Crippen molar-refractivity contribution >= 4 is 27.1 Å². The van der Waals surface area contributed by atoms with Gasteiger partial charge in [0, 0.05) is 38.3 Å². The molecule has 2 aromatic rings. The average molecular weight is 406 g/mol. The van der Waals surface area contributed by atoms with Gasteiger partial charge in [0.25, 0.3) is 15.7 Å². The van der Waals surface area contributed by atoms with Crippen molar-refractivity contribution in [2.45, 2.75) is 4.90 Å². The number of hydrogen-bond donors (Lipinski definition) is 1. The van der Waals surface area contributed by atoms with Crippen LogP contribution >= 0.6 is 0 Å². The molecule has 0 spiro atoms. The van der Waals surface area contributed by atoms with E-state index in [4.69, 9.17) is 4.74 Å². The van der Waals surface area contributed by atoms with Gasteiger partial charge < -0.3 is 14.5 Å². The van der Waals surface area contributed by atoms with E-state index < -0.39 is 14.9 Å². The third-order valence-corrected chi connectivity index (χ3v) is 6.03. The maximum Gasteiger partial charge on any atom is 0.271 e. The molecule has 2 aromatic carbocycles. The number of benzene rings is 2. The van der Waals surface area contributed by atoms with Crippen LogP contribution in [0.25, 0.3) is 0 Å². The number of non-ortho nitro benzene ring substituents is 1. The standard InChI is InChI=1S/C18H22N4O5S/c1-20-9-11-21(12-10-20)18-8-3-14(22(23)24)13-17(18)19-28(25,26)16-6-4-15(27-2)5-7-16/h3-8,13,19H,9-12H2,1-2H3. The maximum absolute atomic E-state index is 12.8. The number of likely N-dealkylation sites (N-methyl/N-ethyl adjacent to an activating group) is 1. The van der Waals surface area contributed by atoms with Gasteiger partial charge in [-0.25, -0.2) is 8.42 Å². The van der Waals surface area contributed by atoms with Gasteiger partial charge in [0.15, 0.2) is 0 Å². The second-order valence-electron chi connectivity index (χ2n) is 6.53. The highest BCUT2D eigenvalue weighted by Crippen LogP contribution is 2.32. The molecule has 0 aliphatic carbocycles. The maximum atomic E-state index is 12.8. The number of methoxy groups -OCH3 is 1. The monoisotopic (exact) mass is 406 g/mol. The van der Waals surface area contributed by atoms with Crippen LogP contribution < -0.4 is 14.4 Å². The molecule has 1 saturated heterocycles. The minimum Gasteiger partial charge on any atom is -0.497 e. The molecule has 1 heterocycles. The third kappa shape index (κ3) is 4.34. The van der Waals surface area contributed by atoms with Crippen LogP contribution in [0.2, 0.25) is 0 Å². The van der Waals surface area contributed by atoms with Crippen LogP contribution in [0, 0.1) is 10.1 Å². The molecule has 10 heteroatoms. The van der Waals surface area contributed by atoms with E-state index in [1.165, 1.54) is 31.4 Å². The van der Waals surface area contributed by atoms with Gasteiger partial charge in [0.05, 0.1) is 28.3 Å². The number of nitro groups is 1. The fraction of sp³-hybridized carbons (Fsp3) is 0.333. The first-order chi connectivity index (χ1) is 13.3. The smallest absolute Gasteiger partial charge is 0.271 e. The Balaban J connectivity index is 1.95. The van der Waals surface area contributed by atoms with Crippen LogP contribution in [0.3, 0.4) is 0 Å². The SMILES string of the molecule is COc1ccc(S(=O)(=O)Nc2cc([N+](=O)[O-])ccc2N2CCN(C)CC2)cc1. The minimum absolute atomic E-state index is 0.0455. The molecule has 0 unspecified atom stereocenters. The first-order valence-corrected chi connectivity index (χ1v) is 10.2. The highest BCUT2D eigenvalue weighted by atomic mass is 32.2. The van der Waals surface area contributed by atoms with E-state index in [9.17, 15) is 18.5 Å². The third-order valence-electron chi connectivity index (χ3n) is 4.65. The lowest BCUT2D eigenvalue weighted by Crippen LogP contribution is -2.44. The van der Waals surface area contributed by atoms with E-state index in [2.05, 4.69) is 9.62 Å². The molecule has 0 amide bonds. The molecule has 0 saturated carbocycles. The number of nitrogens with zero attached hydrogens (tertiary/aromatic N) is 3. The molecule has 0 bridgehead atoms. The van der Waals surface area contributed by atoms with E-state index in [-0.39, 0.29) is 16.3 Å². The molecular formula is C18H22N4O5S. The Bertz CT molecular complexity index is 954. The van der Waals surface area contributed by atoms with Crippen molar-refractivity contribution in [3.63, 3.8) is 0 Å². The Morgan fingerprint density at radius 2 is 1.71 bits per heavy atom. The second-order valence-corrected chi connectivity index (χ2v) is 8.21. The fourth-order valence-electron chi connectivity index (χ4n) is 3.00. The number of nitrogens with one attached hydrogen (secondary N) is 1. The van der Waals surface area contributed by atoms with Gasteiger partial charge in [0.1, 0.15) is 5.75 Å². The Morgan fingerprint density at radius 3 is 2.29 bits per heavy atom. The fourth-order valence-corrected chi connectivity index (χ4v) is 4.07. The number of anilines is 2. The predicted octanol–water partition coefficient (Wildman–Crippen LogP) is 2.16. The molecule has 1 aliphatic rings. The summed E-state index contributed by atoms with van der Waals surface area (Å²) in [6, 6.07) is 10.2. The van der Waals surface area contributed by atoms with Gasteiger partial charge in [-0.3, -0.25) is 14.8 Å². The number of hydrogen-bond acceptors (Lipinski definition) is 7. The Labute approximate surface area is 163 Å². The Kier molecular flexibility index (Phi) is 5.71. The van der Waals surface area contributed by atoms with Crippen molar-refractivity contribution in [1.82, 2.24) is 4.90 Å². The minimum atomic E-state index is -3.92. The summed E-state index contributed by atoms with van der Waals surface area (Å²) in [4.78, 5) is 14.9. The highest BCUT2D eigenvalue weighted by Gasteiger charge is 2.23. The van der Waals surface area contributed by atoms with Crippen molar-refractivity contribution in [2.75, 3.05) is 50.0 Å². The van der Waals surface area contributed by atoms with Crippen LogP contribution in [0.1, 0.15) is 0 Å². The summed E-state index contributed by atoms with van der Waals surface area (Å²) in [5, 5.41) is 11.2. The van der Waals surface area contributed by atoms with Gasteiger partial charge in [-0.05, 0) is 37.4 Å². The van der Waals surface area contributed by atoms with Gasteiger partial charge in [-0.15, -0.1) is 0 Å². The zero-order valence-electron chi connectivity index (χ0n) is 15.7. The Hall–Kier alpha value is -2.85. The summed E-state index contributed by atoms with van der Waals surface area (Å²) in [5.74, 6) is 0.535. The van der Waals surface area contributed by atoms with E-state index in [1.807, 2.05) is 11.9 Å². The number of piperazine rings is 1. The molecule has 28 heavy (non-hydrogen) atoms. The number of ether oxygens (including phenoxy) is 1. The zero-order chi connectivity index (χ0) is 20.3. The molecule has 3 rings (SSSR count). The Morgan fingerprint density at radius 1 is 1.07 bits per heavy atom. The quantitative estimate of drug-likeness (QED) is 0.579. The van der Waals surface area contributed by atoms with Crippen molar-refractivity contribution in [2.24, 2.45) is 0 Å². The van der Waals surface area contributed by atoms with Gasteiger partial charge in [-0.2, -0.15) is 0 Å². The van der Waals surface area contributed by atoms with E-state index in [1.54, 1.807) is 18.2 Å². The summed E-state index contributed by atoms with van der Waals surface area (Å²) in [6.07, 6.45) is 0. The first kappa shape index (κ1) is 19.9. The van der Waals surface area contributed by atoms with E-state index >= 15 is 0 Å². The van der Waals surface area contributed by atoms with Gasteiger partial charge in [-0.1, -0.05) is 0 Å². The molecule has 1 fully saturated rings. The van der Waals surface area contributed by atoms with Crippen LogP contribution in [-0.4, -0.2) is 58.6 Å². The summed E-state index contributed by atoms with van der Waals surface area (Å²) in [7, 11) is -0.410. The van der Waals surface area contributed by atoms with E-state index in [0.717, 1.165) is 13.1 Å². The van der Waals surface area contributed by atoms with Crippen LogP contribution in [0.5, 0.6) is 5.75 Å². The molecule has 0 atom stereocenters. The molecule has 0 radical (unpaired) electrons. The van der Waals surface area contributed by atoms with Crippen molar-refractivity contribution in [1.29, 1.82) is 0 Å². The van der Waals surface area contributed by atoms with Crippen molar-refractivity contribution in [3.8, 4) is 5.75 Å². The van der Waals surface area contributed by atoms with Crippen molar-refractivity contribution in [3.05, 3.63) is 52.6 Å². The summed E-state index contributed by atoms with van der Waals surface area (Å²) >= 11 is 0. The van der Waals surface area contributed by atoms with Crippen LogP contribution in [0.4, 0.5) is 17.1 Å². The predicted molar refractivity (Wildman–Crippen MR) is 107 cm³/mol. The molecule has 9 nitrogen and oxygen atoms in total. The molecule has 1 aliphatic heterocycles. The summed E-state index contributed by atoms with van der Waals surface area (Å²) in [5.41, 5.74) is 0.635. The lowest BCUT2D eigenvalue weighted by molar-refractivity contribution is -0.384. The number of sulfonamides is 1. The largest absolute Gasteiger partial charge is 0.497 e. The van der Waals surface area contributed by atoms with Crippen molar-refractivity contribution < 1.29 is 18.1 Å². The summed E-state index contributed by atoms with van der Waals surface area (Å²) in [6.45, 7) is 3.04. The van der Waals surface area contributed by atoms with E-state index in [0.29, 0.717) is 24.5 Å². The summed E-state index contributed by atoms with van der Waals surface area (Å²) < 4.78 is 33.2. The lowest BCUT2D eigenvalue weighted by Gasteiger charge is -2.35. The average Bonchev–Trinajstić information content (AvgIpc) is 2.68. The van der Waals surface area contributed by atoms with Crippen LogP contribution in [0.15, 0.2) is 47.4 Å². The lowest BCUT2D eigenvalue weighted by atomic mass is 10.2. The molecular weight excluding hydrogens is 384 g/mol. The normalized spacial score (nSPS) is 15.3. The number of rotatable bonds is 6. The molecule has 0 aromatic heterocycles. The van der Waals surface area contributed by atoms with Gasteiger partial charge >= 0.3 is 0 Å². The topological polar surface area (TPSA) is 105 Å². The number of nitro benzene ring substituents is 1. The molecule has 1 N–H and O–H groups in total. The first-order valence-electron chi connectivity index (χ1n) is 8.69. The van der Waals surface area contributed by atoms with Crippen LogP contribution in [-0.2, 0) is 10.0 Å². The zero-order valence-corrected chi connectivity index (χ0v) is 16.5.